The number of amides is 1. The summed E-state index contributed by atoms with van der Waals surface area (Å²) in [5, 5.41) is 2.69. The standard InChI is InChI=1S/C14H17NO3/c1-9-4-3-5-11(6-9)15-13(16)8-18-14(17)12-7-10(12)2/h3-6,10,12H,7-8H2,1-2H3,(H,15,16)/t10-,12+/m1/s1. The van der Waals surface area contributed by atoms with E-state index in [-0.39, 0.29) is 24.4 Å². The van der Waals surface area contributed by atoms with Gasteiger partial charge in [0, 0.05) is 5.69 Å². The second-order valence-electron chi connectivity index (χ2n) is 4.84. The molecule has 1 saturated carbocycles. The molecule has 0 heterocycles. The fraction of sp³-hybridized carbons (Fsp3) is 0.429. The Morgan fingerprint density at radius 3 is 2.78 bits per heavy atom. The number of benzene rings is 1. The molecule has 0 aromatic heterocycles. The summed E-state index contributed by atoms with van der Waals surface area (Å²) in [4.78, 5) is 23.0. The second-order valence-corrected chi connectivity index (χ2v) is 4.84. The van der Waals surface area contributed by atoms with Crippen molar-refractivity contribution in [2.24, 2.45) is 11.8 Å². The lowest BCUT2D eigenvalue weighted by Crippen LogP contribution is -2.21. The number of hydrogen-bond donors (Lipinski definition) is 1. The fourth-order valence-corrected chi connectivity index (χ4v) is 1.81. The van der Waals surface area contributed by atoms with Crippen LogP contribution in [0.3, 0.4) is 0 Å². The van der Waals surface area contributed by atoms with Crippen molar-refractivity contribution in [2.45, 2.75) is 20.3 Å². The predicted octanol–water partition coefficient (Wildman–Crippen LogP) is 2.13. The number of nitrogens with one attached hydrogen (secondary N) is 1. The van der Waals surface area contributed by atoms with E-state index in [4.69, 9.17) is 4.74 Å². The van der Waals surface area contributed by atoms with Crippen molar-refractivity contribution in [1.29, 1.82) is 0 Å². The van der Waals surface area contributed by atoms with Gasteiger partial charge in [-0.05, 0) is 37.0 Å². The molecule has 0 bridgehead atoms. The van der Waals surface area contributed by atoms with Crippen LogP contribution in [0.2, 0.25) is 0 Å². The highest BCUT2D eigenvalue weighted by Gasteiger charge is 2.40. The summed E-state index contributed by atoms with van der Waals surface area (Å²) >= 11 is 0. The van der Waals surface area contributed by atoms with Crippen LogP contribution in [-0.4, -0.2) is 18.5 Å². The van der Waals surface area contributed by atoms with E-state index in [0.717, 1.165) is 17.7 Å². The van der Waals surface area contributed by atoms with Crippen LogP contribution >= 0.6 is 0 Å². The van der Waals surface area contributed by atoms with Gasteiger partial charge < -0.3 is 10.1 Å². The minimum Gasteiger partial charge on any atom is -0.455 e. The molecule has 1 aliphatic rings. The van der Waals surface area contributed by atoms with Gasteiger partial charge in [-0.25, -0.2) is 0 Å². The van der Waals surface area contributed by atoms with Crippen LogP contribution in [0.4, 0.5) is 5.69 Å². The maximum atomic E-state index is 11.6. The lowest BCUT2D eigenvalue weighted by Gasteiger charge is -2.06. The molecule has 1 aromatic carbocycles. The van der Waals surface area contributed by atoms with Gasteiger partial charge in [-0.15, -0.1) is 0 Å². The van der Waals surface area contributed by atoms with E-state index in [1.165, 1.54) is 0 Å². The van der Waals surface area contributed by atoms with Crippen LogP contribution in [0, 0.1) is 18.8 Å². The Bertz CT molecular complexity index is 470. The monoisotopic (exact) mass is 247 g/mol. The molecule has 1 aliphatic carbocycles. The number of carbonyl (C=O) groups is 2. The van der Waals surface area contributed by atoms with Crippen molar-refractivity contribution >= 4 is 17.6 Å². The third kappa shape index (κ3) is 3.32. The predicted molar refractivity (Wildman–Crippen MR) is 68.0 cm³/mol. The Morgan fingerprint density at radius 2 is 2.17 bits per heavy atom. The topological polar surface area (TPSA) is 55.4 Å². The highest BCUT2D eigenvalue weighted by Crippen LogP contribution is 2.38. The van der Waals surface area contributed by atoms with Gasteiger partial charge in [-0.1, -0.05) is 19.1 Å². The third-order valence-electron chi connectivity index (χ3n) is 3.06. The summed E-state index contributed by atoms with van der Waals surface area (Å²) in [7, 11) is 0. The molecule has 1 fully saturated rings. The Morgan fingerprint density at radius 1 is 1.44 bits per heavy atom. The minimum absolute atomic E-state index is 0.00299. The minimum atomic E-state index is -0.303. The molecule has 2 atom stereocenters. The van der Waals surface area contributed by atoms with E-state index in [9.17, 15) is 9.59 Å². The summed E-state index contributed by atoms with van der Waals surface area (Å²) in [6.45, 7) is 3.74. The zero-order valence-electron chi connectivity index (χ0n) is 10.6. The molecule has 4 nitrogen and oxygen atoms in total. The van der Waals surface area contributed by atoms with E-state index < -0.39 is 0 Å². The lowest BCUT2D eigenvalue weighted by molar-refractivity contribution is -0.148. The first-order valence-corrected chi connectivity index (χ1v) is 6.09. The Hall–Kier alpha value is -1.84. The first-order valence-electron chi connectivity index (χ1n) is 6.09. The average molecular weight is 247 g/mol. The Kier molecular flexibility index (Phi) is 3.65. The SMILES string of the molecule is Cc1cccc(NC(=O)COC(=O)[C@H]2C[C@H]2C)c1. The number of ether oxygens (including phenoxy) is 1. The zero-order chi connectivity index (χ0) is 13.1. The van der Waals surface area contributed by atoms with Crippen LogP contribution in [0.5, 0.6) is 0 Å². The lowest BCUT2D eigenvalue weighted by atomic mass is 10.2. The smallest absolute Gasteiger partial charge is 0.309 e. The molecule has 96 valence electrons. The molecule has 1 amide bonds. The third-order valence-corrected chi connectivity index (χ3v) is 3.06. The molecular weight excluding hydrogens is 230 g/mol. The quantitative estimate of drug-likeness (QED) is 0.829. The highest BCUT2D eigenvalue weighted by molar-refractivity contribution is 5.93. The summed E-state index contributed by atoms with van der Waals surface area (Å²) in [5.41, 5.74) is 1.78. The van der Waals surface area contributed by atoms with Crippen LogP contribution < -0.4 is 5.32 Å². The molecule has 1 aromatic rings. The molecule has 4 heteroatoms. The van der Waals surface area contributed by atoms with Gasteiger partial charge in [0.2, 0.25) is 0 Å². The maximum absolute atomic E-state index is 11.6. The van der Waals surface area contributed by atoms with Gasteiger partial charge in [0.1, 0.15) is 0 Å². The Labute approximate surface area is 106 Å². The second kappa shape index (κ2) is 5.21. The molecule has 0 spiro atoms. The zero-order valence-corrected chi connectivity index (χ0v) is 10.6. The normalized spacial score (nSPS) is 21.2. The van der Waals surface area contributed by atoms with Crippen LogP contribution in [0.25, 0.3) is 0 Å². The molecule has 1 N–H and O–H groups in total. The summed E-state index contributed by atoms with van der Waals surface area (Å²) < 4.78 is 4.95. The van der Waals surface area contributed by atoms with Crippen molar-refractivity contribution in [3.63, 3.8) is 0 Å². The molecule has 0 aliphatic heterocycles. The van der Waals surface area contributed by atoms with Crippen molar-refractivity contribution in [3.8, 4) is 0 Å². The first kappa shape index (κ1) is 12.6. The van der Waals surface area contributed by atoms with E-state index >= 15 is 0 Å². The van der Waals surface area contributed by atoms with Gasteiger partial charge in [0.15, 0.2) is 6.61 Å². The van der Waals surface area contributed by atoms with Crippen molar-refractivity contribution in [1.82, 2.24) is 0 Å². The number of anilines is 1. The number of carbonyl (C=O) groups excluding carboxylic acids is 2. The average Bonchev–Trinajstić information content (AvgIpc) is 3.03. The van der Waals surface area contributed by atoms with E-state index in [1.807, 2.05) is 32.0 Å². The van der Waals surface area contributed by atoms with E-state index in [0.29, 0.717) is 5.92 Å². The van der Waals surface area contributed by atoms with Crippen LogP contribution in [0.1, 0.15) is 18.9 Å². The van der Waals surface area contributed by atoms with Gasteiger partial charge in [-0.2, -0.15) is 0 Å². The van der Waals surface area contributed by atoms with Crippen LogP contribution in [-0.2, 0) is 14.3 Å². The summed E-state index contributed by atoms with van der Waals surface area (Å²) in [6.07, 6.45) is 0.873. The van der Waals surface area contributed by atoms with Gasteiger partial charge in [0.25, 0.3) is 5.91 Å². The van der Waals surface area contributed by atoms with Crippen LogP contribution in [0.15, 0.2) is 24.3 Å². The molecule has 0 radical (unpaired) electrons. The molecule has 0 unspecified atom stereocenters. The largest absolute Gasteiger partial charge is 0.455 e. The number of rotatable bonds is 4. The highest BCUT2D eigenvalue weighted by atomic mass is 16.5. The summed E-state index contributed by atoms with van der Waals surface area (Å²) in [6, 6.07) is 7.48. The van der Waals surface area contributed by atoms with Gasteiger partial charge in [0.05, 0.1) is 5.92 Å². The van der Waals surface area contributed by atoms with E-state index in [2.05, 4.69) is 5.32 Å². The fourth-order valence-electron chi connectivity index (χ4n) is 1.81. The van der Waals surface area contributed by atoms with Crippen molar-refractivity contribution in [2.75, 3.05) is 11.9 Å². The number of aryl methyl sites for hydroxylation is 1. The number of hydrogen-bond acceptors (Lipinski definition) is 3. The molecular formula is C14H17NO3. The molecule has 18 heavy (non-hydrogen) atoms. The van der Waals surface area contributed by atoms with Gasteiger partial charge in [-0.3, -0.25) is 9.59 Å². The Balaban J connectivity index is 1.77. The number of esters is 1. The van der Waals surface area contributed by atoms with Crippen molar-refractivity contribution in [3.05, 3.63) is 29.8 Å². The van der Waals surface area contributed by atoms with E-state index in [1.54, 1.807) is 6.07 Å². The van der Waals surface area contributed by atoms with Gasteiger partial charge >= 0.3 is 5.97 Å². The first-order chi connectivity index (χ1) is 8.56. The molecule has 2 rings (SSSR count). The summed E-state index contributed by atoms with van der Waals surface area (Å²) in [5.74, 6) is -0.168. The maximum Gasteiger partial charge on any atom is 0.309 e. The van der Waals surface area contributed by atoms with Crippen molar-refractivity contribution < 1.29 is 14.3 Å². The molecule has 0 saturated heterocycles.